The molecule has 0 radical (unpaired) electrons. The maximum Gasteiger partial charge on any atom is 0.185 e. The van der Waals surface area contributed by atoms with E-state index >= 15 is 0 Å². The van der Waals surface area contributed by atoms with E-state index in [2.05, 4.69) is 24.1 Å². The van der Waals surface area contributed by atoms with Crippen molar-refractivity contribution in [1.29, 1.82) is 0 Å². The van der Waals surface area contributed by atoms with E-state index in [-0.39, 0.29) is 0 Å². The number of thiazole rings is 1. The molecule has 1 aliphatic heterocycles. The number of aromatic nitrogens is 1. The minimum absolute atomic E-state index is 0.782. The smallest absolute Gasteiger partial charge is 0.185 e. The molecule has 2 heterocycles. The predicted molar refractivity (Wildman–Crippen MR) is 91.2 cm³/mol. The minimum atomic E-state index is 0.782. The summed E-state index contributed by atoms with van der Waals surface area (Å²) in [5.41, 5.74) is 1.32. The number of nitrogens with one attached hydrogen (secondary N) is 1. The first-order valence-corrected chi connectivity index (χ1v) is 9.58. The van der Waals surface area contributed by atoms with E-state index in [1.54, 1.807) is 0 Å². The normalized spacial score (nSPS) is 20.2. The van der Waals surface area contributed by atoms with Crippen molar-refractivity contribution in [3.63, 3.8) is 0 Å². The summed E-state index contributed by atoms with van der Waals surface area (Å²) in [7, 11) is 0. The number of anilines is 1. The summed E-state index contributed by atoms with van der Waals surface area (Å²) in [6.07, 6.45) is 9.22. The fraction of sp³-hybridized carbons (Fsp3) is 0.824. The number of hydrogen-bond donors (Lipinski definition) is 1. The molecule has 118 valence electrons. The highest BCUT2D eigenvalue weighted by Crippen LogP contribution is 2.32. The van der Waals surface area contributed by atoms with Crippen LogP contribution in [-0.4, -0.2) is 24.1 Å². The second-order valence-electron chi connectivity index (χ2n) is 6.59. The van der Waals surface area contributed by atoms with Crippen LogP contribution in [0.4, 0.5) is 5.13 Å². The molecule has 0 unspecified atom stereocenters. The molecule has 2 aliphatic rings. The van der Waals surface area contributed by atoms with Crippen LogP contribution in [0.2, 0.25) is 0 Å². The molecule has 1 aromatic rings. The molecule has 0 spiro atoms. The predicted octanol–water partition coefficient (Wildman–Crippen LogP) is 3.97. The monoisotopic (exact) mass is 307 g/mol. The molecular weight excluding hydrogens is 278 g/mol. The third kappa shape index (κ3) is 3.98. The lowest BCUT2D eigenvalue weighted by molar-refractivity contribution is 0.378. The average Bonchev–Trinajstić information content (AvgIpc) is 3.25. The first-order valence-electron chi connectivity index (χ1n) is 8.77. The number of hydrogen-bond acceptors (Lipinski definition) is 4. The van der Waals surface area contributed by atoms with E-state index in [1.807, 2.05) is 11.3 Å². The van der Waals surface area contributed by atoms with Crippen molar-refractivity contribution >= 4 is 16.5 Å². The van der Waals surface area contributed by atoms with E-state index in [4.69, 9.17) is 4.98 Å². The van der Waals surface area contributed by atoms with Crippen LogP contribution in [0.1, 0.15) is 62.9 Å². The number of rotatable bonds is 7. The second-order valence-corrected chi connectivity index (χ2v) is 7.66. The van der Waals surface area contributed by atoms with Crippen molar-refractivity contribution in [3.05, 3.63) is 10.6 Å². The third-order valence-corrected chi connectivity index (χ3v) is 5.97. The summed E-state index contributed by atoms with van der Waals surface area (Å²) in [5, 5.41) is 4.91. The van der Waals surface area contributed by atoms with Gasteiger partial charge in [-0.2, -0.15) is 0 Å². The van der Waals surface area contributed by atoms with Gasteiger partial charge in [-0.1, -0.05) is 26.7 Å². The second kappa shape index (κ2) is 7.10. The van der Waals surface area contributed by atoms with Gasteiger partial charge in [-0.15, -0.1) is 11.3 Å². The van der Waals surface area contributed by atoms with Crippen molar-refractivity contribution < 1.29 is 0 Å². The molecule has 3 rings (SSSR count). The van der Waals surface area contributed by atoms with Crippen LogP contribution in [0.5, 0.6) is 0 Å². The van der Waals surface area contributed by atoms with Gasteiger partial charge in [0.25, 0.3) is 0 Å². The Hall–Kier alpha value is -0.610. The van der Waals surface area contributed by atoms with Crippen molar-refractivity contribution in [2.75, 3.05) is 18.0 Å². The Kier molecular flexibility index (Phi) is 5.17. The molecule has 1 aliphatic carbocycles. The van der Waals surface area contributed by atoms with E-state index in [1.165, 1.54) is 67.3 Å². The number of aryl methyl sites for hydroxylation is 1. The Morgan fingerprint density at radius 1 is 1.19 bits per heavy atom. The summed E-state index contributed by atoms with van der Waals surface area (Å²) in [5.74, 6) is 0.952. The molecule has 2 fully saturated rings. The number of piperidine rings is 1. The lowest BCUT2D eigenvalue weighted by Gasteiger charge is -2.31. The van der Waals surface area contributed by atoms with Crippen LogP contribution in [0.15, 0.2) is 0 Å². The fourth-order valence-electron chi connectivity index (χ4n) is 3.26. The SMILES string of the molecule is CCCC1CCN(c2nc(CC)c(CNC3CC3)s2)CC1. The van der Waals surface area contributed by atoms with Gasteiger partial charge in [0.1, 0.15) is 0 Å². The van der Waals surface area contributed by atoms with Crippen molar-refractivity contribution in [1.82, 2.24) is 10.3 Å². The van der Waals surface area contributed by atoms with Gasteiger partial charge in [-0.25, -0.2) is 4.98 Å². The maximum atomic E-state index is 4.93. The first kappa shape index (κ1) is 15.3. The van der Waals surface area contributed by atoms with E-state index in [0.29, 0.717) is 0 Å². The third-order valence-electron chi connectivity index (χ3n) is 4.81. The molecule has 1 aromatic heterocycles. The summed E-state index contributed by atoms with van der Waals surface area (Å²) < 4.78 is 0. The molecule has 0 aromatic carbocycles. The van der Waals surface area contributed by atoms with Gasteiger partial charge >= 0.3 is 0 Å². The summed E-state index contributed by atoms with van der Waals surface area (Å²) in [6, 6.07) is 0.782. The highest BCUT2D eigenvalue weighted by Gasteiger charge is 2.24. The van der Waals surface area contributed by atoms with Crippen LogP contribution >= 0.6 is 11.3 Å². The molecule has 21 heavy (non-hydrogen) atoms. The molecule has 1 saturated carbocycles. The first-order chi connectivity index (χ1) is 10.3. The highest BCUT2D eigenvalue weighted by atomic mass is 32.1. The van der Waals surface area contributed by atoms with E-state index in [9.17, 15) is 0 Å². The van der Waals surface area contributed by atoms with Gasteiger partial charge in [0.05, 0.1) is 5.69 Å². The molecular formula is C17H29N3S. The summed E-state index contributed by atoms with van der Waals surface area (Å²) in [6.45, 7) is 7.97. The van der Waals surface area contributed by atoms with Gasteiger partial charge in [-0.05, 0) is 38.0 Å². The molecule has 1 saturated heterocycles. The quantitative estimate of drug-likeness (QED) is 0.826. The van der Waals surface area contributed by atoms with Crippen LogP contribution < -0.4 is 10.2 Å². The summed E-state index contributed by atoms with van der Waals surface area (Å²) >= 11 is 1.93. The van der Waals surface area contributed by atoms with Crippen LogP contribution in [0, 0.1) is 5.92 Å². The Bertz CT molecular complexity index is 445. The van der Waals surface area contributed by atoms with Gasteiger partial charge in [0, 0.05) is 30.6 Å². The molecule has 4 heteroatoms. The number of nitrogens with zero attached hydrogens (tertiary/aromatic N) is 2. The Morgan fingerprint density at radius 2 is 1.95 bits per heavy atom. The Labute approximate surface area is 133 Å². The van der Waals surface area contributed by atoms with Gasteiger partial charge < -0.3 is 10.2 Å². The molecule has 1 N–H and O–H groups in total. The van der Waals surface area contributed by atoms with E-state index in [0.717, 1.165) is 24.9 Å². The topological polar surface area (TPSA) is 28.2 Å². The van der Waals surface area contributed by atoms with Gasteiger partial charge in [0.15, 0.2) is 5.13 Å². The van der Waals surface area contributed by atoms with Crippen LogP contribution in [0.25, 0.3) is 0 Å². The average molecular weight is 308 g/mol. The lowest BCUT2D eigenvalue weighted by atomic mass is 9.93. The molecule has 0 bridgehead atoms. The Balaban J connectivity index is 1.59. The Morgan fingerprint density at radius 3 is 2.57 bits per heavy atom. The lowest BCUT2D eigenvalue weighted by Crippen LogP contribution is -2.33. The molecule has 0 atom stereocenters. The zero-order chi connectivity index (χ0) is 14.7. The largest absolute Gasteiger partial charge is 0.348 e. The van der Waals surface area contributed by atoms with E-state index < -0.39 is 0 Å². The zero-order valence-corrected chi connectivity index (χ0v) is 14.3. The van der Waals surface area contributed by atoms with Crippen molar-refractivity contribution in [2.45, 2.75) is 71.4 Å². The molecule has 3 nitrogen and oxygen atoms in total. The van der Waals surface area contributed by atoms with Crippen LogP contribution in [0.3, 0.4) is 0 Å². The van der Waals surface area contributed by atoms with Crippen molar-refractivity contribution in [3.8, 4) is 0 Å². The van der Waals surface area contributed by atoms with Crippen LogP contribution in [-0.2, 0) is 13.0 Å². The zero-order valence-electron chi connectivity index (χ0n) is 13.5. The van der Waals surface area contributed by atoms with Gasteiger partial charge in [-0.3, -0.25) is 0 Å². The molecule has 0 amide bonds. The fourth-order valence-corrected chi connectivity index (χ4v) is 4.42. The summed E-state index contributed by atoms with van der Waals surface area (Å²) in [4.78, 5) is 8.92. The highest BCUT2D eigenvalue weighted by molar-refractivity contribution is 7.15. The minimum Gasteiger partial charge on any atom is -0.348 e. The van der Waals surface area contributed by atoms with Crippen molar-refractivity contribution in [2.24, 2.45) is 5.92 Å². The standard InChI is InChI=1S/C17H29N3S/c1-3-5-13-8-10-20(11-9-13)17-19-15(4-2)16(21-17)12-18-14-6-7-14/h13-14,18H,3-12H2,1-2H3. The van der Waals surface area contributed by atoms with Gasteiger partial charge in [0.2, 0.25) is 0 Å². The maximum absolute atomic E-state index is 4.93.